The summed E-state index contributed by atoms with van der Waals surface area (Å²) >= 11 is 1.66. The molecule has 2 heterocycles. The monoisotopic (exact) mass is 272 g/mol. The molecule has 3 nitrogen and oxygen atoms in total. The van der Waals surface area contributed by atoms with Gasteiger partial charge in [-0.1, -0.05) is 35.6 Å². The number of anilines is 1. The van der Waals surface area contributed by atoms with Crippen LogP contribution in [0.3, 0.4) is 0 Å². The molecule has 1 aliphatic heterocycles. The molecule has 1 aromatic carbocycles. The fraction of sp³-hybridized carbons (Fsp3) is 0.400. The Balaban J connectivity index is 1.64. The fourth-order valence-corrected chi connectivity index (χ4v) is 3.75. The van der Waals surface area contributed by atoms with Gasteiger partial charge in [0, 0.05) is 19.0 Å². The lowest BCUT2D eigenvalue weighted by molar-refractivity contribution is 0.284. The highest BCUT2D eigenvalue weighted by molar-refractivity contribution is 7.15. The first kappa shape index (κ1) is 11.4. The highest BCUT2D eigenvalue weighted by Gasteiger charge is 2.31. The lowest BCUT2D eigenvalue weighted by atomic mass is 10.1. The normalized spacial score (nSPS) is 17.8. The zero-order chi connectivity index (χ0) is 12.8. The number of benzene rings is 1. The van der Waals surface area contributed by atoms with Gasteiger partial charge in [0.1, 0.15) is 0 Å². The summed E-state index contributed by atoms with van der Waals surface area (Å²) in [4.78, 5) is 8.18. The molecule has 0 saturated heterocycles. The molecule has 0 atom stereocenters. The van der Waals surface area contributed by atoms with Gasteiger partial charge in [0.05, 0.1) is 17.2 Å². The van der Waals surface area contributed by atoms with E-state index in [2.05, 4.69) is 29.2 Å². The smallest absolute Gasteiger partial charge is 0.186 e. The van der Waals surface area contributed by atoms with E-state index in [-0.39, 0.29) is 6.61 Å². The largest absolute Gasteiger partial charge is 0.391 e. The highest BCUT2D eigenvalue weighted by Crippen LogP contribution is 2.45. The molecule has 2 aliphatic rings. The van der Waals surface area contributed by atoms with E-state index in [1.807, 2.05) is 0 Å². The molecule has 4 heteroatoms. The highest BCUT2D eigenvalue weighted by atomic mass is 32.1. The van der Waals surface area contributed by atoms with Crippen molar-refractivity contribution < 1.29 is 5.11 Å². The Morgan fingerprint density at radius 1 is 1.21 bits per heavy atom. The molecule has 4 rings (SSSR count). The van der Waals surface area contributed by atoms with Gasteiger partial charge in [0.25, 0.3) is 0 Å². The first-order chi connectivity index (χ1) is 9.35. The van der Waals surface area contributed by atoms with Gasteiger partial charge in [0.2, 0.25) is 0 Å². The predicted octanol–water partition coefficient (Wildman–Crippen LogP) is 3.03. The van der Waals surface area contributed by atoms with Gasteiger partial charge in [0.15, 0.2) is 5.13 Å². The zero-order valence-corrected chi connectivity index (χ0v) is 11.5. The molecule has 98 valence electrons. The number of thiazole rings is 1. The summed E-state index contributed by atoms with van der Waals surface area (Å²) < 4.78 is 0. The van der Waals surface area contributed by atoms with Gasteiger partial charge < -0.3 is 10.0 Å². The van der Waals surface area contributed by atoms with Crippen molar-refractivity contribution in [3.63, 3.8) is 0 Å². The van der Waals surface area contributed by atoms with Crippen LogP contribution in [0, 0.1) is 0 Å². The SMILES string of the molecule is OCc1sc(N2Cc3ccccc3C2)nc1C1CC1. The molecule has 0 spiro atoms. The Morgan fingerprint density at radius 2 is 1.89 bits per heavy atom. The van der Waals surface area contributed by atoms with Gasteiger partial charge in [-0.3, -0.25) is 0 Å². The van der Waals surface area contributed by atoms with Crippen molar-refractivity contribution in [1.82, 2.24) is 4.98 Å². The minimum atomic E-state index is 0.129. The molecule has 0 radical (unpaired) electrons. The summed E-state index contributed by atoms with van der Waals surface area (Å²) in [6.07, 6.45) is 2.47. The van der Waals surface area contributed by atoms with E-state index in [1.54, 1.807) is 11.3 Å². The van der Waals surface area contributed by atoms with E-state index >= 15 is 0 Å². The van der Waals surface area contributed by atoms with Crippen molar-refractivity contribution in [2.24, 2.45) is 0 Å². The van der Waals surface area contributed by atoms with E-state index in [9.17, 15) is 5.11 Å². The molecular weight excluding hydrogens is 256 g/mol. The average molecular weight is 272 g/mol. The Hall–Kier alpha value is -1.39. The van der Waals surface area contributed by atoms with Crippen LogP contribution in [0.5, 0.6) is 0 Å². The van der Waals surface area contributed by atoms with E-state index in [0.717, 1.165) is 28.8 Å². The van der Waals surface area contributed by atoms with Crippen LogP contribution in [-0.4, -0.2) is 10.1 Å². The third kappa shape index (κ3) is 1.95. The minimum absolute atomic E-state index is 0.129. The van der Waals surface area contributed by atoms with Gasteiger partial charge in [-0.05, 0) is 24.0 Å². The van der Waals surface area contributed by atoms with Crippen LogP contribution in [0.4, 0.5) is 5.13 Å². The van der Waals surface area contributed by atoms with Crippen LogP contribution >= 0.6 is 11.3 Å². The predicted molar refractivity (Wildman–Crippen MR) is 76.3 cm³/mol. The van der Waals surface area contributed by atoms with Crippen LogP contribution in [0.25, 0.3) is 0 Å². The number of hydrogen-bond donors (Lipinski definition) is 1. The summed E-state index contributed by atoms with van der Waals surface area (Å²) in [7, 11) is 0. The number of aromatic nitrogens is 1. The fourth-order valence-electron chi connectivity index (χ4n) is 2.74. The second-order valence-electron chi connectivity index (χ2n) is 5.36. The summed E-state index contributed by atoms with van der Waals surface area (Å²) in [5.41, 5.74) is 3.95. The summed E-state index contributed by atoms with van der Waals surface area (Å²) in [5, 5.41) is 10.5. The molecule has 0 bridgehead atoms. The third-order valence-corrected chi connectivity index (χ3v) is 5.05. The molecule has 1 aliphatic carbocycles. The molecule has 0 amide bonds. The van der Waals surface area contributed by atoms with E-state index in [4.69, 9.17) is 4.98 Å². The molecule has 1 fully saturated rings. The zero-order valence-electron chi connectivity index (χ0n) is 10.7. The Bertz CT molecular complexity index is 593. The van der Waals surface area contributed by atoms with Crippen molar-refractivity contribution in [2.45, 2.75) is 38.5 Å². The van der Waals surface area contributed by atoms with E-state index in [1.165, 1.54) is 24.0 Å². The van der Waals surface area contributed by atoms with Crippen LogP contribution in [-0.2, 0) is 19.7 Å². The molecule has 2 aromatic rings. The average Bonchev–Trinajstić information content (AvgIpc) is 3.05. The quantitative estimate of drug-likeness (QED) is 0.933. The van der Waals surface area contributed by atoms with Crippen LogP contribution in [0.15, 0.2) is 24.3 Å². The minimum Gasteiger partial charge on any atom is -0.391 e. The second kappa shape index (κ2) is 4.32. The maximum Gasteiger partial charge on any atom is 0.186 e. The number of fused-ring (bicyclic) bond motifs is 1. The number of aliphatic hydroxyl groups is 1. The third-order valence-electron chi connectivity index (χ3n) is 3.94. The van der Waals surface area contributed by atoms with Crippen LogP contribution in [0.2, 0.25) is 0 Å². The maximum absolute atomic E-state index is 9.48. The van der Waals surface area contributed by atoms with Crippen molar-refractivity contribution in [3.05, 3.63) is 46.0 Å². The topological polar surface area (TPSA) is 36.4 Å². The number of nitrogens with zero attached hydrogens (tertiary/aromatic N) is 2. The first-order valence-electron chi connectivity index (χ1n) is 6.77. The van der Waals surface area contributed by atoms with Crippen molar-refractivity contribution >= 4 is 16.5 Å². The van der Waals surface area contributed by atoms with Gasteiger partial charge >= 0.3 is 0 Å². The summed E-state index contributed by atoms with van der Waals surface area (Å²) in [6.45, 7) is 2.02. The standard InChI is InChI=1S/C15H16N2OS/c18-9-13-14(10-5-6-10)16-15(19-13)17-7-11-3-1-2-4-12(11)8-17/h1-4,10,18H,5-9H2. The Kier molecular flexibility index (Phi) is 2.60. The van der Waals surface area contributed by atoms with Crippen molar-refractivity contribution in [3.8, 4) is 0 Å². The number of hydrogen-bond acceptors (Lipinski definition) is 4. The van der Waals surface area contributed by atoms with Gasteiger partial charge in [-0.25, -0.2) is 4.98 Å². The van der Waals surface area contributed by atoms with Crippen molar-refractivity contribution in [1.29, 1.82) is 0 Å². The lowest BCUT2D eigenvalue weighted by Gasteiger charge is -2.12. The van der Waals surface area contributed by atoms with Gasteiger partial charge in [-0.2, -0.15) is 0 Å². The van der Waals surface area contributed by atoms with Gasteiger partial charge in [-0.15, -0.1) is 0 Å². The van der Waals surface area contributed by atoms with Crippen molar-refractivity contribution in [2.75, 3.05) is 4.90 Å². The molecule has 1 aromatic heterocycles. The molecule has 0 unspecified atom stereocenters. The van der Waals surface area contributed by atoms with E-state index in [0.29, 0.717) is 5.92 Å². The molecule has 19 heavy (non-hydrogen) atoms. The molecule has 1 saturated carbocycles. The molecular formula is C15H16N2OS. The Morgan fingerprint density at radius 3 is 2.47 bits per heavy atom. The summed E-state index contributed by atoms with van der Waals surface area (Å²) in [6, 6.07) is 8.58. The van der Waals surface area contributed by atoms with Crippen LogP contribution < -0.4 is 4.90 Å². The first-order valence-corrected chi connectivity index (χ1v) is 7.59. The van der Waals surface area contributed by atoms with Crippen LogP contribution in [0.1, 0.15) is 40.5 Å². The number of aliphatic hydroxyl groups excluding tert-OH is 1. The maximum atomic E-state index is 9.48. The second-order valence-corrected chi connectivity index (χ2v) is 6.42. The van der Waals surface area contributed by atoms with E-state index < -0.39 is 0 Å². The Labute approximate surface area is 116 Å². The number of rotatable bonds is 3. The summed E-state index contributed by atoms with van der Waals surface area (Å²) in [5.74, 6) is 0.608. The molecule has 1 N–H and O–H groups in total. The lowest BCUT2D eigenvalue weighted by Crippen LogP contribution is -2.14.